The Hall–Kier alpha value is -3.17. The first-order valence-electron chi connectivity index (χ1n) is 9.37. The van der Waals surface area contributed by atoms with E-state index in [0.717, 1.165) is 4.31 Å². The van der Waals surface area contributed by atoms with Gasteiger partial charge >= 0.3 is 5.97 Å². The van der Waals surface area contributed by atoms with Crippen LogP contribution in [-0.2, 0) is 16.6 Å². The topological polar surface area (TPSA) is 98.6 Å². The predicted molar refractivity (Wildman–Crippen MR) is 117 cm³/mol. The standard InChI is InChI=1S/C21H20ClN3O5S/c1-3-14-25-20(26)13-12-19(23-25)21(27)30-17-8-6-16(7-9-17)24(2)31(28,29)18-10-4-15(22)5-11-18/h4-13H,3,14H2,1-2H3. The van der Waals surface area contributed by atoms with Crippen LogP contribution in [0.2, 0.25) is 5.02 Å². The Kier molecular flexibility index (Phi) is 6.77. The zero-order chi connectivity index (χ0) is 22.6. The van der Waals surface area contributed by atoms with Gasteiger partial charge in [-0.2, -0.15) is 5.10 Å². The van der Waals surface area contributed by atoms with Crippen molar-refractivity contribution < 1.29 is 17.9 Å². The number of esters is 1. The highest BCUT2D eigenvalue weighted by atomic mass is 35.5. The van der Waals surface area contributed by atoms with Crippen LogP contribution in [0, 0.1) is 0 Å². The lowest BCUT2D eigenvalue weighted by Gasteiger charge is -2.19. The minimum atomic E-state index is -3.78. The molecule has 3 aromatic rings. The molecule has 8 nitrogen and oxygen atoms in total. The average Bonchev–Trinajstić information content (AvgIpc) is 2.75. The van der Waals surface area contributed by atoms with E-state index in [9.17, 15) is 18.0 Å². The largest absolute Gasteiger partial charge is 0.422 e. The lowest BCUT2D eigenvalue weighted by molar-refractivity contribution is 0.0725. The highest BCUT2D eigenvalue weighted by Crippen LogP contribution is 2.25. The molecule has 2 aromatic carbocycles. The molecule has 31 heavy (non-hydrogen) atoms. The van der Waals surface area contributed by atoms with Crippen LogP contribution in [0.4, 0.5) is 5.69 Å². The highest BCUT2D eigenvalue weighted by molar-refractivity contribution is 7.92. The third-order valence-corrected chi connectivity index (χ3v) is 6.45. The van der Waals surface area contributed by atoms with Crippen molar-refractivity contribution in [1.82, 2.24) is 9.78 Å². The summed E-state index contributed by atoms with van der Waals surface area (Å²) in [5.74, 6) is -0.513. The molecule has 0 amide bonds. The number of aromatic nitrogens is 2. The smallest absolute Gasteiger partial charge is 0.364 e. The summed E-state index contributed by atoms with van der Waals surface area (Å²) in [5.41, 5.74) is 0.0802. The third-order valence-electron chi connectivity index (χ3n) is 4.39. The van der Waals surface area contributed by atoms with Crippen LogP contribution in [0.3, 0.4) is 0 Å². The number of sulfonamides is 1. The molecule has 1 aromatic heterocycles. The number of hydrogen-bond acceptors (Lipinski definition) is 6. The SMILES string of the molecule is CCCn1nc(C(=O)Oc2ccc(N(C)S(=O)(=O)c3ccc(Cl)cc3)cc2)ccc1=O. The number of nitrogens with zero attached hydrogens (tertiary/aromatic N) is 3. The first-order valence-corrected chi connectivity index (χ1v) is 11.2. The van der Waals surface area contributed by atoms with Crippen molar-refractivity contribution >= 4 is 33.3 Å². The summed E-state index contributed by atoms with van der Waals surface area (Å²) in [6.07, 6.45) is 0.694. The van der Waals surface area contributed by atoms with Crippen molar-refractivity contribution in [3.8, 4) is 5.75 Å². The second-order valence-electron chi connectivity index (χ2n) is 6.59. The monoisotopic (exact) mass is 461 g/mol. The number of aryl methyl sites for hydroxylation is 1. The Morgan fingerprint density at radius 2 is 1.71 bits per heavy atom. The Balaban J connectivity index is 1.75. The molecule has 0 aliphatic rings. The summed E-state index contributed by atoms with van der Waals surface area (Å²) < 4.78 is 33.1. The molecule has 0 radical (unpaired) electrons. The highest BCUT2D eigenvalue weighted by Gasteiger charge is 2.21. The summed E-state index contributed by atoms with van der Waals surface area (Å²) >= 11 is 5.82. The van der Waals surface area contributed by atoms with E-state index in [2.05, 4.69) is 5.10 Å². The molecule has 0 spiro atoms. The van der Waals surface area contributed by atoms with E-state index in [1.54, 1.807) is 0 Å². The van der Waals surface area contributed by atoms with Gasteiger partial charge in [-0.3, -0.25) is 9.10 Å². The minimum absolute atomic E-state index is 0.000407. The van der Waals surface area contributed by atoms with E-state index < -0.39 is 16.0 Å². The van der Waals surface area contributed by atoms with Crippen molar-refractivity contribution in [3.05, 3.63) is 81.7 Å². The summed E-state index contributed by atoms with van der Waals surface area (Å²) in [4.78, 5) is 24.2. The van der Waals surface area contributed by atoms with Gasteiger partial charge in [0.15, 0.2) is 5.69 Å². The van der Waals surface area contributed by atoms with Gasteiger partial charge in [0.25, 0.3) is 15.6 Å². The van der Waals surface area contributed by atoms with Crippen LogP contribution in [-0.4, -0.2) is 31.2 Å². The number of ether oxygens (including phenoxy) is 1. The first-order chi connectivity index (χ1) is 14.7. The van der Waals surface area contributed by atoms with E-state index in [0.29, 0.717) is 23.7 Å². The van der Waals surface area contributed by atoms with Crippen LogP contribution < -0.4 is 14.6 Å². The van der Waals surface area contributed by atoms with Crippen molar-refractivity contribution in [2.24, 2.45) is 0 Å². The molecule has 0 aliphatic carbocycles. The van der Waals surface area contributed by atoms with Gasteiger partial charge in [-0.25, -0.2) is 17.9 Å². The fourth-order valence-electron chi connectivity index (χ4n) is 2.72. The summed E-state index contributed by atoms with van der Waals surface area (Å²) in [7, 11) is -2.35. The fraction of sp³-hybridized carbons (Fsp3) is 0.190. The molecule has 0 N–H and O–H groups in total. The second kappa shape index (κ2) is 9.32. The van der Waals surface area contributed by atoms with Crippen molar-refractivity contribution in [3.63, 3.8) is 0 Å². The molecule has 0 saturated carbocycles. The van der Waals surface area contributed by atoms with Gasteiger partial charge in [0.2, 0.25) is 0 Å². The van der Waals surface area contributed by atoms with Crippen LogP contribution in [0.15, 0.2) is 70.4 Å². The molecule has 0 unspecified atom stereocenters. The number of carbonyl (C=O) groups is 1. The van der Waals surface area contributed by atoms with E-state index in [1.165, 1.54) is 72.4 Å². The molecule has 0 atom stereocenters. The predicted octanol–water partition coefficient (Wildman–Crippen LogP) is 3.35. The Morgan fingerprint density at radius 3 is 2.32 bits per heavy atom. The van der Waals surface area contributed by atoms with Crippen molar-refractivity contribution in [1.29, 1.82) is 0 Å². The van der Waals surface area contributed by atoms with Crippen LogP contribution in [0.25, 0.3) is 0 Å². The van der Waals surface area contributed by atoms with Gasteiger partial charge in [-0.15, -0.1) is 0 Å². The maximum atomic E-state index is 12.8. The number of rotatable bonds is 7. The van der Waals surface area contributed by atoms with E-state index in [4.69, 9.17) is 16.3 Å². The summed E-state index contributed by atoms with van der Waals surface area (Å²) in [6, 6.07) is 14.4. The molecule has 0 aliphatic heterocycles. The zero-order valence-corrected chi connectivity index (χ0v) is 18.4. The number of halogens is 1. The van der Waals surface area contributed by atoms with Gasteiger partial charge in [0.1, 0.15) is 5.75 Å². The molecular weight excluding hydrogens is 442 g/mol. The van der Waals surface area contributed by atoms with E-state index in [1.807, 2.05) is 6.92 Å². The molecule has 10 heteroatoms. The van der Waals surface area contributed by atoms with Gasteiger partial charge in [0, 0.05) is 24.7 Å². The Labute approximate surface area is 184 Å². The quantitative estimate of drug-likeness (QED) is 0.395. The second-order valence-corrected chi connectivity index (χ2v) is 9.00. The van der Waals surface area contributed by atoms with Gasteiger partial charge < -0.3 is 4.74 Å². The normalized spacial score (nSPS) is 11.2. The van der Waals surface area contributed by atoms with E-state index in [-0.39, 0.29) is 21.9 Å². The van der Waals surface area contributed by atoms with Crippen molar-refractivity contribution in [2.75, 3.05) is 11.4 Å². The Bertz CT molecular complexity index is 1240. The third kappa shape index (κ3) is 5.12. The van der Waals surface area contributed by atoms with Crippen molar-refractivity contribution in [2.45, 2.75) is 24.8 Å². The Morgan fingerprint density at radius 1 is 1.06 bits per heavy atom. The molecule has 3 rings (SSSR count). The zero-order valence-electron chi connectivity index (χ0n) is 16.9. The van der Waals surface area contributed by atoms with Crippen LogP contribution in [0.5, 0.6) is 5.75 Å². The van der Waals surface area contributed by atoms with Crippen LogP contribution >= 0.6 is 11.6 Å². The molecule has 0 saturated heterocycles. The molecule has 1 heterocycles. The van der Waals surface area contributed by atoms with Gasteiger partial charge in [0.05, 0.1) is 10.6 Å². The number of anilines is 1. The summed E-state index contributed by atoms with van der Waals surface area (Å²) in [6.45, 7) is 2.29. The number of hydrogen-bond donors (Lipinski definition) is 0. The van der Waals surface area contributed by atoms with Gasteiger partial charge in [-0.1, -0.05) is 18.5 Å². The van der Waals surface area contributed by atoms with E-state index >= 15 is 0 Å². The minimum Gasteiger partial charge on any atom is -0.422 e. The first kappa shape index (κ1) is 22.5. The average molecular weight is 462 g/mol. The lowest BCUT2D eigenvalue weighted by atomic mass is 10.3. The summed E-state index contributed by atoms with van der Waals surface area (Å²) in [5, 5.41) is 4.45. The molecule has 162 valence electrons. The number of carbonyl (C=O) groups excluding carboxylic acids is 1. The lowest BCUT2D eigenvalue weighted by Crippen LogP contribution is -2.26. The molecular formula is C21H20ClN3O5S. The van der Waals surface area contributed by atoms with Gasteiger partial charge in [-0.05, 0) is 61.0 Å². The maximum Gasteiger partial charge on any atom is 0.364 e. The number of benzene rings is 2. The molecule has 0 bridgehead atoms. The fourth-order valence-corrected chi connectivity index (χ4v) is 4.04. The maximum absolute atomic E-state index is 12.8. The van der Waals surface area contributed by atoms with Crippen LogP contribution in [0.1, 0.15) is 23.8 Å². The molecule has 0 fully saturated rings.